The van der Waals surface area contributed by atoms with Crippen molar-refractivity contribution in [2.45, 2.75) is 13.5 Å². The molecule has 0 radical (unpaired) electrons. The van der Waals surface area contributed by atoms with E-state index < -0.39 is 0 Å². The number of benzene rings is 2. The van der Waals surface area contributed by atoms with Gasteiger partial charge < -0.3 is 24.7 Å². The van der Waals surface area contributed by atoms with Crippen LogP contribution >= 0.6 is 0 Å². The van der Waals surface area contributed by atoms with Crippen molar-refractivity contribution in [3.05, 3.63) is 66.5 Å². The predicted molar refractivity (Wildman–Crippen MR) is 112 cm³/mol. The Balaban J connectivity index is 1.64. The van der Waals surface area contributed by atoms with Gasteiger partial charge in [0.15, 0.2) is 17.5 Å². The SMILES string of the molecule is CCOc1ccc(NC(=NC)NCc2ccc(-n3ccnc3)c(F)c2)cc1OC. The number of anilines is 1. The zero-order valence-corrected chi connectivity index (χ0v) is 16.6. The van der Waals surface area contributed by atoms with E-state index in [1.807, 2.05) is 31.2 Å². The van der Waals surface area contributed by atoms with Crippen LogP contribution in [0.2, 0.25) is 0 Å². The Hall–Kier alpha value is -3.55. The number of aromatic nitrogens is 2. The number of halogens is 1. The van der Waals surface area contributed by atoms with Gasteiger partial charge in [0.1, 0.15) is 5.82 Å². The van der Waals surface area contributed by atoms with E-state index in [0.29, 0.717) is 36.3 Å². The summed E-state index contributed by atoms with van der Waals surface area (Å²) >= 11 is 0. The van der Waals surface area contributed by atoms with Gasteiger partial charge in [-0.1, -0.05) is 6.07 Å². The third-order valence-corrected chi connectivity index (χ3v) is 4.20. The van der Waals surface area contributed by atoms with Gasteiger partial charge in [0.2, 0.25) is 0 Å². The fraction of sp³-hybridized carbons (Fsp3) is 0.238. The van der Waals surface area contributed by atoms with Gasteiger partial charge in [-0.05, 0) is 36.8 Å². The number of aliphatic imine (C=N–C) groups is 1. The lowest BCUT2D eigenvalue weighted by atomic mass is 10.2. The Morgan fingerprint density at radius 1 is 1.21 bits per heavy atom. The summed E-state index contributed by atoms with van der Waals surface area (Å²) in [4.78, 5) is 8.15. The van der Waals surface area contributed by atoms with E-state index in [1.165, 1.54) is 6.07 Å². The summed E-state index contributed by atoms with van der Waals surface area (Å²) in [7, 11) is 3.26. The highest BCUT2D eigenvalue weighted by Crippen LogP contribution is 2.30. The highest BCUT2D eigenvalue weighted by Gasteiger charge is 2.08. The molecule has 3 rings (SSSR count). The molecule has 0 aliphatic carbocycles. The van der Waals surface area contributed by atoms with Crippen molar-refractivity contribution in [1.82, 2.24) is 14.9 Å². The van der Waals surface area contributed by atoms with Crippen molar-refractivity contribution < 1.29 is 13.9 Å². The molecule has 2 aromatic carbocycles. The number of nitrogens with zero attached hydrogens (tertiary/aromatic N) is 3. The molecule has 1 aromatic heterocycles. The first-order valence-electron chi connectivity index (χ1n) is 9.19. The number of hydrogen-bond donors (Lipinski definition) is 2. The standard InChI is InChI=1S/C21H24FN5O2/c1-4-29-19-8-6-16(12-20(19)28-3)26-21(23-2)25-13-15-5-7-18(17(22)11-15)27-10-9-24-14-27/h5-12,14H,4,13H2,1-3H3,(H2,23,25,26). The molecule has 0 saturated heterocycles. The van der Waals surface area contributed by atoms with E-state index in [9.17, 15) is 4.39 Å². The van der Waals surface area contributed by atoms with E-state index in [-0.39, 0.29) is 5.82 Å². The zero-order chi connectivity index (χ0) is 20.6. The second-order valence-corrected chi connectivity index (χ2v) is 6.11. The lowest BCUT2D eigenvalue weighted by Crippen LogP contribution is -2.30. The fourth-order valence-electron chi connectivity index (χ4n) is 2.79. The van der Waals surface area contributed by atoms with Crippen molar-refractivity contribution in [3.8, 4) is 17.2 Å². The Morgan fingerprint density at radius 2 is 2.07 bits per heavy atom. The third-order valence-electron chi connectivity index (χ3n) is 4.20. The number of imidazole rings is 1. The summed E-state index contributed by atoms with van der Waals surface area (Å²) in [6.45, 7) is 2.89. The van der Waals surface area contributed by atoms with Gasteiger partial charge in [-0.3, -0.25) is 4.99 Å². The quantitative estimate of drug-likeness (QED) is 0.471. The molecule has 3 aromatic rings. The first-order valence-corrected chi connectivity index (χ1v) is 9.19. The molecule has 0 fully saturated rings. The summed E-state index contributed by atoms with van der Waals surface area (Å²) < 4.78 is 26.9. The molecule has 8 heteroatoms. The lowest BCUT2D eigenvalue weighted by Gasteiger charge is -2.15. The summed E-state index contributed by atoms with van der Waals surface area (Å²) in [5.74, 6) is 1.54. The molecule has 152 valence electrons. The van der Waals surface area contributed by atoms with Gasteiger partial charge in [0.25, 0.3) is 0 Å². The number of hydrogen-bond acceptors (Lipinski definition) is 4. The van der Waals surface area contributed by atoms with Gasteiger partial charge >= 0.3 is 0 Å². The molecule has 0 bridgehead atoms. The highest BCUT2D eigenvalue weighted by atomic mass is 19.1. The maximum atomic E-state index is 14.4. The van der Waals surface area contributed by atoms with E-state index in [0.717, 1.165) is 11.3 Å². The van der Waals surface area contributed by atoms with Crippen LogP contribution in [0.1, 0.15) is 12.5 Å². The summed E-state index contributed by atoms with van der Waals surface area (Å²) in [5.41, 5.74) is 2.04. The minimum atomic E-state index is -0.318. The molecule has 0 aliphatic rings. The monoisotopic (exact) mass is 397 g/mol. The molecular formula is C21H24FN5O2. The molecule has 0 amide bonds. The maximum absolute atomic E-state index is 14.4. The zero-order valence-electron chi connectivity index (χ0n) is 16.6. The number of methoxy groups -OCH3 is 1. The van der Waals surface area contributed by atoms with Crippen LogP contribution in [0.3, 0.4) is 0 Å². The van der Waals surface area contributed by atoms with Crippen molar-refractivity contribution in [1.29, 1.82) is 0 Å². The molecule has 1 heterocycles. The number of ether oxygens (including phenoxy) is 2. The summed E-state index contributed by atoms with van der Waals surface area (Å²) in [6.07, 6.45) is 4.88. The minimum Gasteiger partial charge on any atom is -0.493 e. The number of nitrogens with one attached hydrogen (secondary N) is 2. The smallest absolute Gasteiger partial charge is 0.195 e. The molecule has 0 aliphatic heterocycles. The molecule has 0 unspecified atom stereocenters. The highest BCUT2D eigenvalue weighted by molar-refractivity contribution is 5.93. The van der Waals surface area contributed by atoms with Gasteiger partial charge in [-0.2, -0.15) is 0 Å². The number of guanidine groups is 1. The van der Waals surface area contributed by atoms with Crippen LogP contribution in [0.15, 0.2) is 60.1 Å². The second-order valence-electron chi connectivity index (χ2n) is 6.11. The van der Waals surface area contributed by atoms with Crippen LogP contribution < -0.4 is 20.1 Å². The Kier molecular flexibility index (Phi) is 6.67. The summed E-state index contributed by atoms with van der Waals surface area (Å²) in [5, 5.41) is 6.36. The Labute approximate surface area is 169 Å². The minimum absolute atomic E-state index is 0.318. The topological polar surface area (TPSA) is 72.7 Å². The van der Waals surface area contributed by atoms with Crippen LogP contribution in [-0.2, 0) is 6.54 Å². The predicted octanol–water partition coefficient (Wildman–Crippen LogP) is 3.61. The van der Waals surface area contributed by atoms with Crippen molar-refractivity contribution >= 4 is 11.6 Å². The molecule has 0 spiro atoms. The van der Waals surface area contributed by atoms with Crippen LogP contribution in [0, 0.1) is 5.82 Å². The molecule has 2 N–H and O–H groups in total. The van der Waals surface area contributed by atoms with Crippen molar-refractivity contribution in [2.75, 3.05) is 26.1 Å². The van der Waals surface area contributed by atoms with E-state index >= 15 is 0 Å². The average Bonchev–Trinajstić information content (AvgIpc) is 3.26. The average molecular weight is 397 g/mol. The molecule has 0 atom stereocenters. The van der Waals surface area contributed by atoms with E-state index in [1.54, 1.807) is 43.5 Å². The third kappa shape index (κ3) is 5.04. The maximum Gasteiger partial charge on any atom is 0.195 e. The Morgan fingerprint density at radius 3 is 2.72 bits per heavy atom. The second kappa shape index (κ2) is 9.59. The molecule has 29 heavy (non-hydrogen) atoms. The van der Waals surface area contributed by atoms with E-state index in [4.69, 9.17) is 9.47 Å². The van der Waals surface area contributed by atoms with Crippen molar-refractivity contribution in [3.63, 3.8) is 0 Å². The first kappa shape index (κ1) is 20.2. The van der Waals surface area contributed by atoms with Crippen LogP contribution in [-0.4, -0.2) is 36.3 Å². The fourth-order valence-corrected chi connectivity index (χ4v) is 2.79. The van der Waals surface area contributed by atoms with Crippen LogP contribution in [0.25, 0.3) is 5.69 Å². The summed E-state index contributed by atoms with van der Waals surface area (Å²) in [6, 6.07) is 10.6. The molecule has 7 nitrogen and oxygen atoms in total. The van der Waals surface area contributed by atoms with Gasteiger partial charge in [-0.25, -0.2) is 9.37 Å². The van der Waals surface area contributed by atoms with Gasteiger partial charge in [0, 0.05) is 37.7 Å². The normalized spacial score (nSPS) is 11.2. The van der Waals surface area contributed by atoms with Crippen LogP contribution in [0.4, 0.5) is 10.1 Å². The van der Waals surface area contributed by atoms with E-state index in [2.05, 4.69) is 20.6 Å². The largest absolute Gasteiger partial charge is 0.493 e. The van der Waals surface area contributed by atoms with Crippen molar-refractivity contribution in [2.24, 2.45) is 4.99 Å². The number of rotatable bonds is 7. The van der Waals surface area contributed by atoms with Crippen LogP contribution in [0.5, 0.6) is 11.5 Å². The molecule has 0 saturated carbocycles. The Bertz CT molecular complexity index is 973. The lowest BCUT2D eigenvalue weighted by molar-refractivity contribution is 0.311. The molecular weight excluding hydrogens is 373 g/mol. The first-order chi connectivity index (χ1) is 14.1. The van der Waals surface area contributed by atoms with Gasteiger partial charge in [-0.15, -0.1) is 0 Å². The van der Waals surface area contributed by atoms with Gasteiger partial charge in [0.05, 0.1) is 25.7 Å².